The number of aliphatic carboxylic acids is 1. The Morgan fingerprint density at radius 2 is 2.33 bits per heavy atom. The molecule has 3 atom stereocenters. The molecule has 0 aromatic rings. The van der Waals surface area contributed by atoms with Crippen LogP contribution in [0.5, 0.6) is 0 Å². The molecule has 0 saturated heterocycles. The van der Waals surface area contributed by atoms with Crippen molar-refractivity contribution in [2.75, 3.05) is 7.11 Å². The summed E-state index contributed by atoms with van der Waals surface area (Å²) in [5.74, 6) is -0.751. The normalized spacial score (nSPS) is 27.9. The fourth-order valence-electron chi connectivity index (χ4n) is 2.22. The van der Waals surface area contributed by atoms with Crippen molar-refractivity contribution in [2.24, 2.45) is 0 Å². The summed E-state index contributed by atoms with van der Waals surface area (Å²) in [6, 6.07) is -0.210. The van der Waals surface area contributed by atoms with Gasteiger partial charge in [-0.05, 0) is 25.7 Å². The van der Waals surface area contributed by atoms with Crippen LogP contribution in [-0.2, 0) is 9.53 Å². The molecule has 1 aliphatic carbocycles. The van der Waals surface area contributed by atoms with E-state index in [0.717, 1.165) is 25.7 Å². The van der Waals surface area contributed by atoms with Crippen LogP contribution in [0.15, 0.2) is 0 Å². The minimum absolute atomic E-state index is 0.184. The number of carboxylic acid groups (broad SMARTS) is 1. The second kappa shape index (κ2) is 6.08. The van der Waals surface area contributed by atoms with Gasteiger partial charge in [0, 0.05) is 13.2 Å². The molecule has 2 N–H and O–H groups in total. The van der Waals surface area contributed by atoms with Crippen molar-refractivity contribution in [2.45, 2.75) is 57.2 Å². The van der Waals surface area contributed by atoms with Gasteiger partial charge in [0.05, 0.1) is 6.10 Å². The van der Waals surface area contributed by atoms with Crippen LogP contribution in [0.2, 0.25) is 0 Å². The van der Waals surface area contributed by atoms with E-state index in [1.54, 1.807) is 7.11 Å². The maximum atomic E-state index is 11.0. The van der Waals surface area contributed by atoms with Gasteiger partial charge in [0.25, 0.3) is 0 Å². The van der Waals surface area contributed by atoms with E-state index in [1.807, 2.05) is 6.92 Å². The second-order valence-electron chi connectivity index (χ2n) is 4.16. The maximum absolute atomic E-state index is 11.0. The highest BCUT2D eigenvalue weighted by Gasteiger charge is 2.30. The predicted octanol–water partition coefficient (Wildman–Crippen LogP) is 1.40. The quantitative estimate of drug-likeness (QED) is 0.703. The first-order valence-electron chi connectivity index (χ1n) is 5.70. The molecule has 3 unspecified atom stereocenters. The summed E-state index contributed by atoms with van der Waals surface area (Å²) in [5.41, 5.74) is 0. The number of methoxy groups -OCH3 is 1. The molecule has 1 fully saturated rings. The molecule has 1 aliphatic rings. The summed E-state index contributed by atoms with van der Waals surface area (Å²) in [4.78, 5) is 11.0. The Morgan fingerprint density at radius 1 is 1.60 bits per heavy atom. The van der Waals surface area contributed by atoms with Crippen LogP contribution < -0.4 is 5.32 Å². The number of carbonyl (C=O) groups is 1. The number of ether oxygens (including phenoxy) is 1. The first kappa shape index (κ1) is 12.5. The molecule has 0 aromatic heterocycles. The Labute approximate surface area is 91.0 Å². The van der Waals surface area contributed by atoms with Crippen molar-refractivity contribution in [1.82, 2.24) is 5.32 Å². The topological polar surface area (TPSA) is 58.6 Å². The third-order valence-corrected chi connectivity index (χ3v) is 3.05. The molecule has 0 amide bonds. The predicted molar refractivity (Wildman–Crippen MR) is 57.9 cm³/mol. The summed E-state index contributed by atoms with van der Waals surface area (Å²) >= 11 is 0. The molecule has 0 heterocycles. The highest BCUT2D eigenvalue weighted by Crippen LogP contribution is 2.22. The van der Waals surface area contributed by atoms with E-state index in [4.69, 9.17) is 9.84 Å². The SMILES string of the molecule is CCCC(NC1CCCC1OC)C(=O)O. The molecule has 4 nitrogen and oxygen atoms in total. The standard InChI is InChI=1S/C11H21NO3/c1-3-5-9(11(13)14)12-8-6-4-7-10(8)15-2/h8-10,12H,3-7H2,1-2H3,(H,13,14). The van der Waals surface area contributed by atoms with Gasteiger partial charge in [-0.3, -0.25) is 10.1 Å². The van der Waals surface area contributed by atoms with Gasteiger partial charge in [0.15, 0.2) is 0 Å². The molecule has 1 saturated carbocycles. The minimum atomic E-state index is -0.751. The first-order chi connectivity index (χ1) is 7.19. The highest BCUT2D eigenvalue weighted by atomic mass is 16.5. The zero-order valence-electron chi connectivity index (χ0n) is 9.53. The summed E-state index contributed by atoms with van der Waals surface area (Å²) in [7, 11) is 1.69. The zero-order chi connectivity index (χ0) is 11.3. The second-order valence-corrected chi connectivity index (χ2v) is 4.16. The molecule has 0 radical (unpaired) electrons. The van der Waals surface area contributed by atoms with Crippen LogP contribution in [0.4, 0.5) is 0 Å². The molecule has 0 aliphatic heterocycles. The molecule has 0 bridgehead atoms. The molecule has 0 aromatic carbocycles. The maximum Gasteiger partial charge on any atom is 0.320 e. The molecule has 0 spiro atoms. The third-order valence-electron chi connectivity index (χ3n) is 3.05. The van der Waals surface area contributed by atoms with Gasteiger partial charge < -0.3 is 9.84 Å². The molecule has 15 heavy (non-hydrogen) atoms. The van der Waals surface area contributed by atoms with Crippen molar-refractivity contribution in [3.8, 4) is 0 Å². The van der Waals surface area contributed by atoms with Gasteiger partial charge in [-0.25, -0.2) is 0 Å². The Balaban J connectivity index is 2.46. The van der Waals surface area contributed by atoms with Crippen molar-refractivity contribution in [1.29, 1.82) is 0 Å². The summed E-state index contributed by atoms with van der Waals surface area (Å²) in [6.45, 7) is 2.00. The van der Waals surface area contributed by atoms with Gasteiger partial charge in [-0.2, -0.15) is 0 Å². The largest absolute Gasteiger partial charge is 0.480 e. The lowest BCUT2D eigenvalue weighted by molar-refractivity contribution is -0.140. The van der Waals surface area contributed by atoms with Gasteiger partial charge in [-0.1, -0.05) is 13.3 Å². The van der Waals surface area contributed by atoms with Crippen LogP contribution >= 0.6 is 0 Å². The Morgan fingerprint density at radius 3 is 2.87 bits per heavy atom. The average Bonchev–Trinajstić information content (AvgIpc) is 2.64. The van der Waals surface area contributed by atoms with E-state index in [9.17, 15) is 4.79 Å². The smallest absolute Gasteiger partial charge is 0.320 e. The number of hydrogen-bond donors (Lipinski definition) is 2. The average molecular weight is 215 g/mol. The summed E-state index contributed by atoms with van der Waals surface area (Å²) < 4.78 is 5.33. The van der Waals surface area contributed by atoms with E-state index in [2.05, 4.69) is 5.32 Å². The number of hydrogen-bond acceptors (Lipinski definition) is 3. The number of carboxylic acids is 1. The highest BCUT2D eigenvalue weighted by molar-refractivity contribution is 5.73. The number of rotatable bonds is 6. The number of nitrogens with one attached hydrogen (secondary N) is 1. The van der Waals surface area contributed by atoms with Crippen molar-refractivity contribution >= 4 is 5.97 Å². The molecular formula is C11H21NO3. The molecule has 1 rings (SSSR count). The van der Waals surface area contributed by atoms with E-state index in [1.165, 1.54) is 0 Å². The van der Waals surface area contributed by atoms with Crippen LogP contribution in [0, 0.1) is 0 Å². The molecule has 4 heteroatoms. The lowest BCUT2D eigenvalue weighted by Gasteiger charge is -2.23. The van der Waals surface area contributed by atoms with Gasteiger partial charge in [0.1, 0.15) is 6.04 Å². The third kappa shape index (κ3) is 3.47. The minimum Gasteiger partial charge on any atom is -0.480 e. The Kier molecular flexibility index (Phi) is 5.05. The summed E-state index contributed by atoms with van der Waals surface area (Å²) in [5, 5.41) is 12.2. The van der Waals surface area contributed by atoms with E-state index in [0.29, 0.717) is 6.42 Å². The van der Waals surface area contributed by atoms with Gasteiger partial charge in [-0.15, -0.1) is 0 Å². The van der Waals surface area contributed by atoms with E-state index < -0.39 is 12.0 Å². The fraction of sp³-hybridized carbons (Fsp3) is 0.909. The monoisotopic (exact) mass is 215 g/mol. The van der Waals surface area contributed by atoms with Crippen LogP contribution in [0.3, 0.4) is 0 Å². The molecular weight excluding hydrogens is 194 g/mol. The molecule has 88 valence electrons. The van der Waals surface area contributed by atoms with Crippen molar-refractivity contribution in [3.63, 3.8) is 0 Å². The van der Waals surface area contributed by atoms with E-state index >= 15 is 0 Å². The van der Waals surface area contributed by atoms with Gasteiger partial charge >= 0.3 is 5.97 Å². The van der Waals surface area contributed by atoms with Crippen molar-refractivity contribution in [3.05, 3.63) is 0 Å². The Hall–Kier alpha value is -0.610. The van der Waals surface area contributed by atoms with Crippen molar-refractivity contribution < 1.29 is 14.6 Å². The van der Waals surface area contributed by atoms with E-state index in [-0.39, 0.29) is 12.1 Å². The van der Waals surface area contributed by atoms with Crippen LogP contribution in [0.25, 0.3) is 0 Å². The lowest BCUT2D eigenvalue weighted by Crippen LogP contribution is -2.46. The lowest BCUT2D eigenvalue weighted by atomic mass is 10.1. The first-order valence-corrected chi connectivity index (χ1v) is 5.70. The summed E-state index contributed by atoms with van der Waals surface area (Å²) in [6.07, 6.45) is 4.92. The van der Waals surface area contributed by atoms with Gasteiger partial charge in [0.2, 0.25) is 0 Å². The van der Waals surface area contributed by atoms with Crippen LogP contribution in [0.1, 0.15) is 39.0 Å². The Bertz CT molecular complexity index is 208. The zero-order valence-corrected chi connectivity index (χ0v) is 9.53. The fourth-order valence-corrected chi connectivity index (χ4v) is 2.22. The van der Waals surface area contributed by atoms with Crippen LogP contribution in [-0.4, -0.2) is 36.4 Å².